The third-order valence-electron chi connectivity index (χ3n) is 5.18. The zero-order valence-corrected chi connectivity index (χ0v) is 18.4. The first-order chi connectivity index (χ1) is 14.8. The van der Waals surface area contributed by atoms with Crippen LogP contribution in [0.3, 0.4) is 0 Å². The molecule has 1 heterocycles. The van der Waals surface area contributed by atoms with Gasteiger partial charge in [0, 0.05) is 18.8 Å². The van der Waals surface area contributed by atoms with Crippen LogP contribution >= 0.6 is 11.6 Å². The molecule has 31 heavy (non-hydrogen) atoms. The van der Waals surface area contributed by atoms with E-state index in [0.29, 0.717) is 36.6 Å². The molecule has 1 saturated heterocycles. The summed E-state index contributed by atoms with van der Waals surface area (Å²) in [4.78, 5) is 38.6. The van der Waals surface area contributed by atoms with Gasteiger partial charge in [0.05, 0.1) is 16.6 Å². The lowest BCUT2D eigenvalue weighted by molar-refractivity contribution is -0.152. The van der Waals surface area contributed by atoms with Crippen LogP contribution in [0.25, 0.3) is 0 Å². The number of nitrogens with zero attached hydrogens (tertiary/aromatic N) is 1. The Morgan fingerprint density at radius 1 is 1.06 bits per heavy atom. The van der Waals surface area contributed by atoms with Crippen molar-refractivity contribution in [2.45, 2.75) is 26.7 Å². The number of halogens is 1. The van der Waals surface area contributed by atoms with Crippen molar-refractivity contribution in [1.82, 2.24) is 4.90 Å². The number of para-hydroxylation sites is 1. The summed E-state index contributed by atoms with van der Waals surface area (Å²) in [6.07, 6.45) is 0.983. The van der Waals surface area contributed by atoms with Crippen molar-refractivity contribution in [3.05, 3.63) is 58.6 Å². The third kappa shape index (κ3) is 6.21. The molecule has 1 aliphatic heterocycles. The highest BCUT2D eigenvalue weighted by Gasteiger charge is 2.29. The Morgan fingerprint density at radius 3 is 2.39 bits per heavy atom. The van der Waals surface area contributed by atoms with Gasteiger partial charge in [0.2, 0.25) is 0 Å². The van der Waals surface area contributed by atoms with Crippen molar-refractivity contribution < 1.29 is 19.1 Å². The van der Waals surface area contributed by atoms with E-state index in [9.17, 15) is 14.4 Å². The van der Waals surface area contributed by atoms with Crippen LogP contribution < -0.4 is 10.6 Å². The molecule has 1 aliphatic rings. The fraction of sp³-hybridized carbons (Fsp3) is 0.348. The van der Waals surface area contributed by atoms with Crippen LogP contribution in [-0.2, 0) is 14.3 Å². The molecule has 0 spiro atoms. The van der Waals surface area contributed by atoms with Crippen molar-refractivity contribution in [3.8, 4) is 0 Å². The molecule has 0 aromatic heterocycles. The molecule has 0 saturated carbocycles. The van der Waals surface area contributed by atoms with Gasteiger partial charge in [-0.15, -0.1) is 0 Å². The van der Waals surface area contributed by atoms with Gasteiger partial charge in [-0.2, -0.15) is 0 Å². The normalized spacial score (nSPS) is 14.1. The molecule has 2 aromatic carbocycles. The Balaban J connectivity index is 1.43. The van der Waals surface area contributed by atoms with E-state index in [-0.39, 0.29) is 18.6 Å². The molecule has 2 N–H and O–H groups in total. The summed E-state index contributed by atoms with van der Waals surface area (Å²) in [7, 11) is 0. The quantitative estimate of drug-likeness (QED) is 0.671. The van der Waals surface area contributed by atoms with Crippen LogP contribution in [-0.4, -0.2) is 42.5 Å². The molecule has 2 aromatic rings. The van der Waals surface area contributed by atoms with Gasteiger partial charge >= 0.3 is 12.0 Å². The fourth-order valence-electron chi connectivity index (χ4n) is 3.55. The minimum Gasteiger partial charge on any atom is -0.455 e. The lowest BCUT2D eigenvalue weighted by atomic mass is 9.97. The molecule has 164 valence electrons. The zero-order valence-electron chi connectivity index (χ0n) is 17.6. The van der Waals surface area contributed by atoms with E-state index in [1.165, 1.54) is 0 Å². The number of esters is 1. The second kappa shape index (κ2) is 10.3. The van der Waals surface area contributed by atoms with Crippen molar-refractivity contribution in [2.75, 3.05) is 30.3 Å². The van der Waals surface area contributed by atoms with Crippen LogP contribution in [0.4, 0.5) is 16.2 Å². The van der Waals surface area contributed by atoms with E-state index in [1.54, 1.807) is 11.0 Å². The van der Waals surface area contributed by atoms with Crippen LogP contribution in [0.1, 0.15) is 24.0 Å². The summed E-state index contributed by atoms with van der Waals surface area (Å²) in [5.74, 6) is -1.20. The minimum atomic E-state index is -0.443. The summed E-state index contributed by atoms with van der Waals surface area (Å²) in [6, 6.07) is 12.7. The first-order valence-electron chi connectivity index (χ1n) is 10.2. The highest BCUT2D eigenvalue weighted by atomic mass is 35.5. The molecular weight excluding hydrogens is 418 g/mol. The largest absolute Gasteiger partial charge is 0.455 e. The number of urea groups is 1. The molecule has 8 heteroatoms. The molecule has 0 atom stereocenters. The van der Waals surface area contributed by atoms with Gasteiger partial charge in [-0.05, 0) is 56.0 Å². The van der Waals surface area contributed by atoms with Gasteiger partial charge in [0.25, 0.3) is 5.91 Å². The number of amides is 3. The lowest BCUT2D eigenvalue weighted by Gasteiger charge is -2.30. The maximum atomic E-state index is 12.4. The number of rotatable bonds is 5. The fourth-order valence-corrected chi connectivity index (χ4v) is 3.91. The predicted molar refractivity (Wildman–Crippen MR) is 120 cm³/mol. The van der Waals surface area contributed by atoms with Gasteiger partial charge in [0.15, 0.2) is 6.61 Å². The van der Waals surface area contributed by atoms with E-state index in [4.69, 9.17) is 16.3 Å². The number of hydrogen-bond acceptors (Lipinski definition) is 4. The van der Waals surface area contributed by atoms with Gasteiger partial charge in [0.1, 0.15) is 0 Å². The Hall–Kier alpha value is -3.06. The molecule has 0 bridgehead atoms. The smallest absolute Gasteiger partial charge is 0.321 e. The van der Waals surface area contributed by atoms with Crippen LogP contribution in [0.2, 0.25) is 5.02 Å². The Bertz CT molecular complexity index is 934. The Kier molecular flexibility index (Phi) is 7.52. The SMILES string of the molecule is Cc1cc(C)c(NC(=O)COC(=O)C2CCN(C(=O)Nc3ccccc3)CC2)c(Cl)c1. The number of anilines is 2. The molecule has 1 fully saturated rings. The standard InChI is InChI=1S/C23H26ClN3O4/c1-15-12-16(2)21(19(24)13-15)26-20(28)14-31-22(29)17-8-10-27(11-9-17)23(30)25-18-6-4-3-5-7-18/h3-7,12-13,17H,8-11,14H2,1-2H3,(H,25,30)(H,26,28). The monoisotopic (exact) mass is 443 g/mol. The lowest BCUT2D eigenvalue weighted by Crippen LogP contribution is -2.43. The summed E-state index contributed by atoms with van der Waals surface area (Å²) >= 11 is 6.19. The number of piperidine rings is 1. The molecule has 3 rings (SSSR count). The summed E-state index contributed by atoms with van der Waals surface area (Å²) < 4.78 is 5.20. The number of hydrogen-bond donors (Lipinski definition) is 2. The average Bonchev–Trinajstić information content (AvgIpc) is 2.75. The maximum absolute atomic E-state index is 12.4. The first-order valence-corrected chi connectivity index (χ1v) is 10.6. The van der Waals surface area contributed by atoms with Gasteiger partial charge < -0.3 is 20.3 Å². The van der Waals surface area contributed by atoms with Crippen LogP contribution in [0.5, 0.6) is 0 Å². The van der Waals surface area contributed by atoms with Crippen LogP contribution in [0.15, 0.2) is 42.5 Å². The number of carbonyl (C=O) groups is 3. The zero-order chi connectivity index (χ0) is 22.4. The molecule has 0 radical (unpaired) electrons. The highest BCUT2D eigenvalue weighted by molar-refractivity contribution is 6.34. The van der Waals surface area contributed by atoms with Crippen molar-refractivity contribution in [2.24, 2.45) is 5.92 Å². The van der Waals surface area contributed by atoms with E-state index < -0.39 is 11.9 Å². The number of likely N-dealkylation sites (tertiary alicyclic amines) is 1. The highest BCUT2D eigenvalue weighted by Crippen LogP contribution is 2.27. The molecule has 3 amide bonds. The van der Waals surface area contributed by atoms with Gasteiger partial charge in [-0.25, -0.2) is 4.79 Å². The maximum Gasteiger partial charge on any atom is 0.321 e. The number of aryl methyl sites for hydroxylation is 2. The predicted octanol–water partition coefficient (Wildman–Crippen LogP) is 4.38. The molecule has 7 nitrogen and oxygen atoms in total. The van der Waals surface area contributed by atoms with E-state index in [1.807, 2.05) is 50.2 Å². The molecule has 0 unspecified atom stereocenters. The Morgan fingerprint density at radius 2 is 1.74 bits per heavy atom. The first kappa shape index (κ1) is 22.6. The average molecular weight is 444 g/mol. The number of nitrogens with one attached hydrogen (secondary N) is 2. The van der Waals surface area contributed by atoms with Crippen molar-refractivity contribution in [3.63, 3.8) is 0 Å². The number of benzene rings is 2. The summed E-state index contributed by atoms with van der Waals surface area (Å²) in [5, 5.41) is 5.98. The van der Waals surface area contributed by atoms with E-state index >= 15 is 0 Å². The molecule has 0 aliphatic carbocycles. The summed E-state index contributed by atoms with van der Waals surface area (Å²) in [5.41, 5.74) is 3.08. The molecular formula is C23H26ClN3O4. The minimum absolute atomic E-state index is 0.192. The third-order valence-corrected chi connectivity index (χ3v) is 5.48. The van der Waals surface area contributed by atoms with E-state index in [0.717, 1.165) is 16.8 Å². The Labute approximate surface area is 186 Å². The number of carbonyl (C=O) groups excluding carboxylic acids is 3. The second-order valence-corrected chi connectivity index (χ2v) is 8.06. The number of ether oxygens (including phenoxy) is 1. The topological polar surface area (TPSA) is 87.7 Å². The van der Waals surface area contributed by atoms with Gasteiger partial charge in [-0.3, -0.25) is 9.59 Å². The van der Waals surface area contributed by atoms with Crippen molar-refractivity contribution in [1.29, 1.82) is 0 Å². The van der Waals surface area contributed by atoms with Crippen LogP contribution in [0, 0.1) is 19.8 Å². The second-order valence-electron chi connectivity index (χ2n) is 7.65. The van der Waals surface area contributed by atoms with Crippen molar-refractivity contribution >= 4 is 40.9 Å². The van der Waals surface area contributed by atoms with E-state index in [2.05, 4.69) is 10.6 Å². The van der Waals surface area contributed by atoms with Gasteiger partial charge in [-0.1, -0.05) is 35.9 Å². The summed E-state index contributed by atoms with van der Waals surface area (Å²) in [6.45, 7) is 4.29.